The number of halogens is 2. The lowest BCUT2D eigenvalue weighted by Crippen LogP contribution is -1.91. The molecule has 0 amide bonds. The molecule has 0 saturated carbocycles. The highest BCUT2D eigenvalue weighted by atomic mass is 79.9. The zero-order valence-electron chi connectivity index (χ0n) is 7.16. The van der Waals surface area contributed by atoms with Crippen LogP contribution in [0.15, 0.2) is 26.4 Å². The first kappa shape index (κ1) is 10.7. The molecule has 6 heteroatoms. The van der Waals surface area contributed by atoms with Gasteiger partial charge in [-0.3, -0.25) is 0 Å². The third kappa shape index (κ3) is 1.95. The van der Waals surface area contributed by atoms with E-state index in [2.05, 4.69) is 15.9 Å². The summed E-state index contributed by atoms with van der Waals surface area (Å²) in [5, 5.41) is 10.6. The molecule has 0 fully saturated rings. The van der Waals surface area contributed by atoms with Gasteiger partial charge in [-0.15, -0.1) is 11.3 Å². The predicted octanol–water partition coefficient (Wildman–Crippen LogP) is 4.12. The topological polar surface area (TPSA) is 50.4 Å². The number of rotatable bonds is 2. The average molecular weight is 308 g/mol. The van der Waals surface area contributed by atoms with Crippen LogP contribution in [0.3, 0.4) is 0 Å². The van der Waals surface area contributed by atoms with E-state index in [1.165, 1.54) is 17.4 Å². The molecule has 0 spiro atoms. The van der Waals surface area contributed by atoms with Gasteiger partial charge in [0.25, 0.3) is 0 Å². The van der Waals surface area contributed by atoms with Crippen molar-refractivity contribution in [2.45, 2.75) is 0 Å². The molecular weight excluding hydrogens is 304 g/mol. The van der Waals surface area contributed by atoms with E-state index in [0.29, 0.717) is 20.1 Å². The van der Waals surface area contributed by atoms with Crippen molar-refractivity contribution < 1.29 is 14.3 Å². The van der Waals surface area contributed by atoms with Crippen molar-refractivity contribution in [3.63, 3.8) is 0 Å². The fourth-order valence-corrected chi connectivity index (χ4v) is 2.53. The van der Waals surface area contributed by atoms with Gasteiger partial charge in [-0.25, -0.2) is 4.79 Å². The second kappa shape index (κ2) is 4.00. The van der Waals surface area contributed by atoms with Crippen LogP contribution >= 0.6 is 38.9 Å². The molecule has 0 aromatic carbocycles. The first-order valence-corrected chi connectivity index (χ1v) is 5.90. The van der Waals surface area contributed by atoms with Gasteiger partial charge in [0, 0.05) is 11.6 Å². The first-order chi connectivity index (χ1) is 7.09. The second-order valence-corrected chi connectivity index (χ2v) is 5.07. The molecule has 2 rings (SSSR count). The summed E-state index contributed by atoms with van der Waals surface area (Å²) in [7, 11) is 0. The fraction of sp³-hybridized carbons (Fsp3) is 0. The van der Waals surface area contributed by atoms with E-state index in [0.717, 1.165) is 0 Å². The van der Waals surface area contributed by atoms with E-state index >= 15 is 0 Å². The molecule has 0 aliphatic heterocycles. The van der Waals surface area contributed by atoms with Gasteiger partial charge in [-0.05, 0) is 27.4 Å². The van der Waals surface area contributed by atoms with Crippen molar-refractivity contribution >= 4 is 44.8 Å². The Bertz CT molecular complexity index is 517. The third-order valence-electron chi connectivity index (χ3n) is 1.76. The number of carboxylic acids is 1. The van der Waals surface area contributed by atoms with Crippen molar-refractivity contribution in [3.05, 3.63) is 32.1 Å². The van der Waals surface area contributed by atoms with E-state index in [4.69, 9.17) is 21.1 Å². The van der Waals surface area contributed by atoms with Crippen LogP contribution in [-0.2, 0) is 0 Å². The van der Waals surface area contributed by atoms with E-state index in [1.54, 1.807) is 6.07 Å². The van der Waals surface area contributed by atoms with Crippen LogP contribution in [0.1, 0.15) is 10.6 Å². The molecule has 0 atom stereocenters. The van der Waals surface area contributed by atoms with E-state index in [1.807, 2.05) is 5.38 Å². The van der Waals surface area contributed by atoms with Crippen LogP contribution < -0.4 is 0 Å². The zero-order valence-corrected chi connectivity index (χ0v) is 10.3. The lowest BCUT2D eigenvalue weighted by atomic mass is 10.3. The van der Waals surface area contributed by atoms with Crippen LogP contribution in [0.4, 0.5) is 0 Å². The van der Waals surface area contributed by atoms with E-state index in [9.17, 15) is 4.79 Å². The Morgan fingerprint density at radius 2 is 2.33 bits per heavy atom. The molecule has 15 heavy (non-hydrogen) atoms. The summed E-state index contributed by atoms with van der Waals surface area (Å²) in [5.41, 5.74) is 0.695. The largest absolute Gasteiger partial charge is 0.475 e. The summed E-state index contributed by atoms with van der Waals surface area (Å²) in [6.07, 6.45) is 0. The van der Waals surface area contributed by atoms with Gasteiger partial charge < -0.3 is 9.52 Å². The molecule has 2 aromatic heterocycles. The van der Waals surface area contributed by atoms with Gasteiger partial charge in [0.1, 0.15) is 4.34 Å². The molecule has 0 aliphatic rings. The molecule has 78 valence electrons. The summed E-state index contributed by atoms with van der Waals surface area (Å²) in [4.78, 5) is 10.7. The minimum absolute atomic E-state index is 0.112. The first-order valence-electron chi connectivity index (χ1n) is 3.85. The number of carboxylic acid groups (broad SMARTS) is 1. The summed E-state index contributed by atoms with van der Waals surface area (Å²) < 4.78 is 6.33. The maximum atomic E-state index is 10.7. The van der Waals surface area contributed by atoms with Gasteiger partial charge in [0.05, 0.1) is 4.47 Å². The molecular formula is C9H4BrClO3S. The highest BCUT2D eigenvalue weighted by molar-refractivity contribution is 9.10. The minimum Gasteiger partial charge on any atom is -0.475 e. The molecule has 3 nitrogen and oxygen atoms in total. The molecule has 0 saturated heterocycles. The highest BCUT2D eigenvalue weighted by Crippen LogP contribution is 2.38. The average Bonchev–Trinajstić information content (AvgIpc) is 2.71. The Morgan fingerprint density at radius 3 is 2.80 bits per heavy atom. The lowest BCUT2D eigenvalue weighted by molar-refractivity contribution is 0.0663. The van der Waals surface area contributed by atoms with E-state index in [-0.39, 0.29) is 5.76 Å². The predicted molar refractivity (Wildman–Crippen MR) is 61.7 cm³/mol. The summed E-state index contributed by atoms with van der Waals surface area (Å²) in [5.74, 6) is -0.772. The summed E-state index contributed by atoms with van der Waals surface area (Å²) in [6, 6.07) is 3.19. The number of furan rings is 1. The molecule has 0 radical (unpaired) electrons. The number of aromatic carboxylic acids is 1. The molecule has 0 unspecified atom stereocenters. The molecule has 2 aromatic rings. The van der Waals surface area contributed by atoms with Gasteiger partial charge in [0.2, 0.25) is 5.76 Å². The van der Waals surface area contributed by atoms with Gasteiger partial charge in [-0.2, -0.15) is 0 Å². The van der Waals surface area contributed by atoms with Crippen molar-refractivity contribution in [2.24, 2.45) is 0 Å². The van der Waals surface area contributed by atoms with Crippen LogP contribution in [0.2, 0.25) is 4.34 Å². The maximum absolute atomic E-state index is 10.7. The monoisotopic (exact) mass is 306 g/mol. The number of carbonyl (C=O) groups is 1. The van der Waals surface area contributed by atoms with Crippen LogP contribution in [-0.4, -0.2) is 11.1 Å². The van der Waals surface area contributed by atoms with Crippen molar-refractivity contribution in [2.75, 3.05) is 0 Å². The zero-order chi connectivity index (χ0) is 11.0. The molecule has 0 aliphatic carbocycles. The Hall–Kier alpha value is -0.780. The normalized spacial score (nSPS) is 10.5. The number of hydrogen-bond acceptors (Lipinski definition) is 3. The quantitative estimate of drug-likeness (QED) is 0.908. The Morgan fingerprint density at radius 1 is 1.60 bits per heavy atom. The van der Waals surface area contributed by atoms with Crippen molar-refractivity contribution in [1.82, 2.24) is 0 Å². The molecule has 0 bridgehead atoms. The van der Waals surface area contributed by atoms with E-state index < -0.39 is 5.97 Å². The lowest BCUT2D eigenvalue weighted by Gasteiger charge is -1.93. The number of thiophene rings is 1. The van der Waals surface area contributed by atoms with Gasteiger partial charge in [0.15, 0.2) is 5.76 Å². The smallest absolute Gasteiger partial charge is 0.371 e. The SMILES string of the molecule is O=C(O)c1cc(Br)c(-c2ccsc2Cl)o1. The Kier molecular flexibility index (Phi) is 2.86. The Balaban J connectivity index is 2.54. The Labute approximate surface area is 102 Å². The number of hydrogen-bond donors (Lipinski definition) is 1. The minimum atomic E-state index is -1.10. The van der Waals surface area contributed by atoms with Crippen LogP contribution in [0.5, 0.6) is 0 Å². The molecule has 1 N–H and O–H groups in total. The fourth-order valence-electron chi connectivity index (χ4n) is 1.11. The van der Waals surface area contributed by atoms with Gasteiger partial charge >= 0.3 is 5.97 Å². The summed E-state index contributed by atoms with van der Waals surface area (Å²) in [6.45, 7) is 0. The van der Waals surface area contributed by atoms with Crippen molar-refractivity contribution in [1.29, 1.82) is 0 Å². The van der Waals surface area contributed by atoms with Crippen LogP contribution in [0, 0.1) is 0 Å². The van der Waals surface area contributed by atoms with Gasteiger partial charge in [-0.1, -0.05) is 11.6 Å². The van der Waals surface area contributed by atoms with Crippen LogP contribution in [0.25, 0.3) is 11.3 Å². The highest BCUT2D eigenvalue weighted by Gasteiger charge is 2.17. The third-order valence-corrected chi connectivity index (χ3v) is 3.52. The second-order valence-electron chi connectivity index (χ2n) is 2.70. The maximum Gasteiger partial charge on any atom is 0.371 e. The standard InChI is InChI=1S/C9H4BrClO3S/c10-5-3-6(9(12)13)14-7(5)4-1-2-15-8(4)11/h1-3H,(H,12,13). The summed E-state index contributed by atoms with van der Waals surface area (Å²) >= 11 is 10.5. The van der Waals surface area contributed by atoms with Crippen molar-refractivity contribution in [3.8, 4) is 11.3 Å². The molecule has 2 heterocycles.